The molecule has 0 atom stereocenters. The molecule has 0 saturated carbocycles. The molecular formula is C17H14S. The van der Waals surface area contributed by atoms with Crippen LogP contribution < -0.4 is 0 Å². The Hall–Kier alpha value is -1.86. The number of rotatable bonds is 2. The SMILES string of the molecule is Cc1ccccc1-c1ccsc1-c1ccccc1. The summed E-state index contributed by atoms with van der Waals surface area (Å²) in [6, 6.07) is 21.4. The average molecular weight is 250 g/mol. The standard InChI is InChI=1S/C17H14S/c1-13-7-5-6-10-15(13)16-11-12-18-17(16)14-8-3-2-4-9-14/h2-12H,1H3. The molecule has 0 saturated heterocycles. The smallest absolute Gasteiger partial charge is 0.0421 e. The highest BCUT2D eigenvalue weighted by molar-refractivity contribution is 7.14. The lowest BCUT2D eigenvalue weighted by Gasteiger charge is -2.07. The number of benzene rings is 2. The summed E-state index contributed by atoms with van der Waals surface area (Å²) < 4.78 is 0. The predicted octanol–water partition coefficient (Wildman–Crippen LogP) is 5.39. The molecule has 2 aromatic carbocycles. The van der Waals surface area contributed by atoms with E-state index in [0.29, 0.717) is 0 Å². The van der Waals surface area contributed by atoms with Crippen LogP contribution in [-0.4, -0.2) is 0 Å². The topological polar surface area (TPSA) is 0 Å². The summed E-state index contributed by atoms with van der Waals surface area (Å²) >= 11 is 1.81. The third-order valence-corrected chi connectivity index (χ3v) is 4.10. The average Bonchev–Trinajstić information content (AvgIpc) is 2.89. The van der Waals surface area contributed by atoms with E-state index < -0.39 is 0 Å². The second kappa shape index (κ2) is 4.79. The van der Waals surface area contributed by atoms with Crippen LogP contribution in [0.3, 0.4) is 0 Å². The van der Waals surface area contributed by atoms with E-state index in [2.05, 4.69) is 73.0 Å². The molecule has 1 aromatic heterocycles. The lowest BCUT2D eigenvalue weighted by molar-refractivity contribution is 1.47. The molecule has 3 rings (SSSR count). The van der Waals surface area contributed by atoms with E-state index in [1.807, 2.05) is 0 Å². The van der Waals surface area contributed by atoms with Gasteiger partial charge in [0.2, 0.25) is 0 Å². The van der Waals surface area contributed by atoms with Crippen LogP contribution in [0.4, 0.5) is 0 Å². The zero-order chi connectivity index (χ0) is 12.4. The van der Waals surface area contributed by atoms with E-state index in [9.17, 15) is 0 Å². The minimum Gasteiger partial charge on any atom is -0.143 e. The Balaban J connectivity index is 2.16. The first kappa shape index (κ1) is 11.2. The molecular weight excluding hydrogens is 236 g/mol. The molecule has 0 fully saturated rings. The van der Waals surface area contributed by atoms with Gasteiger partial charge in [0.25, 0.3) is 0 Å². The van der Waals surface area contributed by atoms with Crippen molar-refractivity contribution in [3.63, 3.8) is 0 Å². The summed E-state index contributed by atoms with van der Waals surface area (Å²) in [5.41, 5.74) is 5.29. The maximum atomic E-state index is 2.22. The number of thiophene rings is 1. The maximum absolute atomic E-state index is 2.22. The molecule has 0 aliphatic rings. The first-order valence-electron chi connectivity index (χ1n) is 6.05. The van der Waals surface area contributed by atoms with Gasteiger partial charge in [0, 0.05) is 10.4 Å². The minimum atomic E-state index is 1.30. The van der Waals surface area contributed by atoms with Gasteiger partial charge in [-0.25, -0.2) is 0 Å². The largest absolute Gasteiger partial charge is 0.143 e. The molecule has 0 amide bonds. The van der Waals surface area contributed by atoms with Crippen LogP contribution >= 0.6 is 11.3 Å². The second-order valence-electron chi connectivity index (χ2n) is 4.34. The van der Waals surface area contributed by atoms with E-state index in [4.69, 9.17) is 0 Å². The summed E-state index contributed by atoms with van der Waals surface area (Å²) in [4.78, 5) is 1.35. The Kier molecular flexibility index (Phi) is 2.99. The molecule has 88 valence electrons. The Bertz CT molecular complexity index is 650. The summed E-state index contributed by atoms with van der Waals surface area (Å²) in [6.07, 6.45) is 0. The highest BCUT2D eigenvalue weighted by atomic mass is 32.1. The summed E-state index contributed by atoms with van der Waals surface area (Å²) in [5, 5.41) is 2.17. The summed E-state index contributed by atoms with van der Waals surface area (Å²) in [7, 11) is 0. The van der Waals surface area contributed by atoms with Crippen molar-refractivity contribution in [1.29, 1.82) is 0 Å². The van der Waals surface area contributed by atoms with Crippen LogP contribution in [0, 0.1) is 6.92 Å². The van der Waals surface area contributed by atoms with Gasteiger partial charge in [0.15, 0.2) is 0 Å². The first-order chi connectivity index (χ1) is 8.86. The molecule has 0 unspecified atom stereocenters. The van der Waals surface area contributed by atoms with E-state index in [1.165, 1.54) is 27.1 Å². The molecule has 1 heteroatoms. The Morgan fingerprint density at radius 2 is 1.44 bits per heavy atom. The van der Waals surface area contributed by atoms with Crippen molar-refractivity contribution in [3.05, 3.63) is 71.6 Å². The lowest BCUT2D eigenvalue weighted by Crippen LogP contribution is -1.82. The highest BCUT2D eigenvalue weighted by Crippen LogP contribution is 2.37. The number of hydrogen-bond donors (Lipinski definition) is 0. The molecule has 18 heavy (non-hydrogen) atoms. The van der Waals surface area contributed by atoms with Crippen LogP contribution in [0.2, 0.25) is 0 Å². The van der Waals surface area contributed by atoms with Crippen LogP contribution in [0.1, 0.15) is 5.56 Å². The molecule has 3 aromatic rings. The normalized spacial score (nSPS) is 10.5. The lowest BCUT2D eigenvalue weighted by atomic mass is 9.99. The second-order valence-corrected chi connectivity index (χ2v) is 5.26. The van der Waals surface area contributed by atoms with Gasteiger partial charge in [-0.3, -0.25) is 0 Å². The van der Waals surface area contributed by atoms with Crippen LogP contribution in [0.15, 0.2) is 66.0 Å². The first-order valence-corrected chi connectivity index (χ1v) is 6.93. The molecule has 1 heterocycles. The van der Waals surface area contributed by atoms with Crippen LogP contribution in [-0.2, 0) is 0 Å². The number of aryl methyl sites for hydroxylation is 1. The van der Waals surface area contributed by atoms with Gasteiger partial charge in [-0.05, 0) is 35.1 Å². The zero-order valence-corrected chi connectivity index (χ0v) is 11.1. The van der Waals surface area contributed by atoms with Crippen molar-refractivity contribution in [2.24, 2.45) is 0 Å². The van der Waals surface area contributed by atoms with Gasteiger partial charge >= 0.3 is 0 Å². The Morgan fingerprint density at radius 3 is 2.22 bits per heavy atom. The monoisotopic (exact) mass is 250 g/mol. The molecule has 0 spiro atoms. The van der Waals surface area contributed by atoms with Crippen molar-refractivity contribution in [1.82, 2.24) is 0 Å². The van der Waals surface area contributed by atoms with Gasteiger partial charge in [0.1, 0.15) is 0 Å². The van der Waals surface area contributed by atoms with Crippen molar-refractivity contribution < 1.29 is 0 Å². The van der Waals surface area contributed by atoms with Crippen molar-refractivity contribution in [2.75, 3.05) is 0 Å². The van der Waals surface area contributed by atoms with Gasteiger partial charge in [-0.2, -0.15) is 0 Å². The third kappa shape index (κ3) is 1.98. The Morgan fingerprint density at radius 1 is 0.722 bits per heavy atom. The van der Waals surface area contributed by atoms with E-state index >= 15 is 0 Å². The molecule has 0 N–H and O–H groups in total. The fraction of sp³-hybridized carbons (Fsp3) is 0.0588. The maximum Gasteiger partial charge on any atom is 0.0421 e. The van der Waals surface area contributed by atoms with Crippen molar-refractivity contribution in [2.45, 2.75) is 6.92 Å². The summed E-state index contributed by atoms with van der Waals surface area (Å²) in [6.45, 7) is 2.17. The van der Waals surface area contributed by atoms with Crippen LogP contribution in [0.5, 0.6) is 0 Å². The predicted molar refractivity (Wildman–Crippen MR) is 79.9 cm³/mol. The van der Waals surface area contributed by atoms with Gasteiger partial charge < -0.3 is 0 Å². The minimum absolute atomic E-state index is 1.30. The molecule has 0 aliphatic carbocycles. The van der Waals surface area contributed by atoms with Crippen molar-refractivity contribution in [3.8, 4) is 21.6 Å². The Labute approximate surface area is 112 Å². The molecule has 0 nitrogen and oxygen atoms in total. The van der Waals surface area contributed by atoms with Gasteiger partial charge in [-0.15, -0.1) is 11.3 Å². The van der Waals surface area contributed by atoms with Gasteiger partial charge in [-0.1, -0.05) is 54.6 Å². The quantitative estimate of drug-likeness (QED) is 0.572. The number of hydrogen-bond acceptors (Lipinski definition) is 1. The van der Waals surface area contributed by atoms with Crippen molar-refractivity contribution >= 4 is 11.3 Å². The van der Waals surface area contributed by atoms with Crippen LogP contribution in [0.25, 0.3) is 21.6 Å². The molecule has 0 radical (unpaired) electrons. The summed E-state index contributed by atoms with van der Waals surface area (Å²) in [5.74, 6) is 0. The molecule has 0 aliphatic heterocycles. The highest BCUT2D eigenvalue weighted by Gasteiger charge is 2.09. The van der Waals surface area contributed by atoms with E-state index in [-0.39, 0.29) is 0 Å². The van der Waals surface area contributed by atoms with E-state index in [0.717, 1.165) is 0 Å². The fourth-order valence-electron chi connectivity index (χ4n) is 2.21. The molecule has 0 bridgehead atoms. The fourth-order valence-corrected chi connectivity index (χ4v) is 3.13. The van der Waals surface area contributed by atoms with Gasteiger partial charge in [0.05, 0.1) is 0 Å². The zero-order valence-electron chi connectivity index (χ0n) is 10.3. The van der Waals surface area contributed by atoms with E-state index in [1.54, 1.807) is 11.3 Å². The third-order valence-electron chi connectivity index (χ3n) is 3.14.